The summed E-state index contributed by atoms with van der Waals surface area (Å²) in [6, 6.07) is 0.336. The number of aryl methyl sites for hydroxylation is 1. The van der Waals surface area contributed by atoms with Crippen molar-refractivity contribution < 1.29 is 14.4 Å². The van der Waals surface area contributed by atoms with Crippen molar-refractivity contribution in [2.75, 3.05) is 19.6 Å². The number of aliphatic hydroxyl groups excluding tert-OH is 1. The minimum atomic E-state index is -0.169. The lowest BCUT2D eigenvalue weighted by Gasteiger charge is -2.50. The Morgan fingerprint density at radius 3 is 2.58 bits per heavy atom. The van der Waals surface area contributed by atoms with Crippen LogP contribution in [-0.2, 0) is 11.3 Å². The Balaban J connectivity index is 1.34. The largest absolute Gasteiger partial charge is 0.393 e. The summed E-state index contributed by atoms with van der Waals surface area (Å²) in [6.45, 7) is 5.52. The number of hydrogen-bond donors (Lipinski definition) is 1. The maximum absolute atomic E-state index is 12.5. The lowest BCUT2D eigenvalue weighted by molar-refractivity contribution is -0.144. The van der Waals surface area contributed by atoms with Gasteiger partial charge in [-0.05, 0) is 63.5 Å². The summed E-state index contributed by atoms with van der Waals surface area (Å²) in [5.41, 5.74) is 0.271. The highest BCUT2D eigenvalue weighted by Gasteiger charge is 2.43. The Hall–Kier alpha value is -1.47. The number of aliphatic hydroxyl groups is 1. The highest BCUT2D eigenvalue weighted by Crippen LogP contribution is 2.42. The number of carbonyl (C=O) groups is 1. The minimum absolute atomic E-state index is 0.169. The van der Waals surface area contributed by atoms with Crippen LogP contribution in [0.25, 0.3) is 0 Å². The van der Waals surface area contributed by atoms with Crippen LogP contribution in [0, 0.1) is 12.3 Å². The molecule has 1 amide bonds. The predicted octanol–water partition coefficient (Wildman–Crippen LogP) is 1.89. The van der Waals surface area contributed by atoms with Crippen LogP contribution in [0.15, 0.2) is 4.52 Å². The molecule has 3 fully saturated rings. The quantitative estimate of drug-likeness (QED) is 0.884. The van der Waals surface area contributed by atoms with Crippen molar-refractivity contribution >= 4 is 5.91 Å². The summed E-state index contributed by atoms with van der Waals surface area (Å²) < 4.78 is 5.07. The van der Waals surface area contributed by atoms with Crippen LogP contribution < -0.4 is 0 Å². The highest BCUT2D eigenvalue weighted by atomic mass is 16.5. The van der Waals surface area contributed by atoms with E-state index < -0.39 is 0 Å². The topological polar surface area (TPSA) is 82.7 Å². The molecule has 3 heterocycles. The number of amides is 1. The third-order valence-electron chi connectivity index (χ3n) is 6.65. The van der Waals surface area contributed by atoms with E-state index in [-0.39, 0.29) is 11.5 Å². The Morgan fingerprint density at radius 2 is 1.92 bits per heavy atom. The van der Waals surface area contributed by atoms with Gasteiger partial charge in [0.05, 0.1) is 12.6 Å². The first-order valence-electron chi connectivity index (χ1n) is 10.0. The molecule has 0 bridgehead atoms. The molecule has 1 aliphatic carbocycles. The fraction of sp³-hybridized carbons (Fsp3) is 0.842. The predicted molar refractivity (Wildman–Crippen MR) is 95.2 cm³/mol. The molecule has 7 heteroatoms. The zero-order valence-electron chi connectivity index (χ0n) is 15.7. The molecular formula is C19H30N4O3. The summed E-state index contributed by atoms with van der Waals surface area (Å²) in [4.78, 5) is 21.4. The maximum Gasteiger partial charge on any atom is 0.223 e. The van der Waals surface area contributed by atoms with Gasteiger partial charge >= 0.3 is 0 Å². The molecule has 144 valence electrons. The van der Waals surface area contributed by atoms with E-state index >= 15 is 0 Å². The van der Waals surface area contributed by atoms with Crippen LogP contribution in [0.4, 0.5) is 0 Å². The average Bonchev–Trinajstić information content (AvgIpc) is 3.05. The molecule has 0 radical (unpaired) electrons. The van der Waals surface area contributed by atoms with Gasteiger partial charge in [0, 0.05) is 25.9 Å². The molecule has 26 heavy (non-hydrogen) atoms. The SMILES string of the molecule is Cc1nc(CN2CCC3(CCC(=O)N(C4CCC(O)CC4)C3)CC2)no1. The third kappa shape index (κ3) is 3.78. The van der Waals surface area contributed by atoms with Gasteiger partial charge in [0.15, 0.2) is 5.82 Å². The normalized spacial score (nSPS) is 30.1. The van der Waals surface area contributed by atoms with Crippen LogP contribution in [0.3, 0.4) is 0 Å². The molecule has 7 nitrogen and oxygen atoms in total. The Kier molecular flexibility index (Phi) is 5.01. The number of carbonyl (C=O) groups excluding carboxylic acids is 1. The van der Waals surface area contributed by atoms with Gasteiger partial charge in [0.25, 0.3) is 0 Å². The number of nitrogens with zero attached hydrogens (tertiary/aromatic N) is 4. The van der Waals surface area contributed by atoms with Crippen LogP contribution >= 0.6 is 0 Å². The zero-order chi connectivity index (χ0) is 18.1. The maximum atomic E-state index is 12.5. The zero-order valence-corrected chi connectivity index (χ0v) is 15.7. The number of hydrogen-bond acceptors (Lipinski definition) is 6. The van der Waals surface area contributed by atoms with E-state index in [1.807, 2.05) is 6.92 Å². The second kappa shape index (κ2) is 7.27. The molecule has 4 rings (SSSR count). The molecular weight excluding hydrogens is 332 g/mol. The number of likely N-dealkylation sites (tertiary alicyclic amines) is 2. The lowest BCUT2D eigenvalue weighted by atomic mass is 9.71. The molecule has 2 aliphatic heterocycles. The molecule has 3 aliphatic rings. The van der Waals surface area contributed by atoms with E-state index in [9.17, 15) is 9.90 Å². The Morgan fingerprint density at radius 1 is 1.19 bits per heavy atom. The van der Waals surface area contributed by atoms with Crippen molar-refractivity contribution in [2.45, 2.75) is 77.0 Å². The van der Waals surface area contributed by atoms with Crippen LogP contribution in [-0.4, -0.2) is 62.7 Å². The number of rotatable bonds is 3. The van der Waals surface area contributed by atoms with Crippen molar-refractivity contribution in [3.8, 4) is 0 Å². The lowest BCUT2D eigenvalue weighted by Crippen LogP contribution is -2.55. The molecule has 1 N–H and O–H groups in total. The fourth-order valence-electron chi connectivity index (χ4n) is 4.95. The molecule has 0 atom stereocenters. The van der Waals surface area contributed by atoms with Crippen molar-refractivity contribution in [1.29, 1.82) is 0 Å². The average molecular weight is 362 g/mol. The summed E-state index contributed by atoms with van der Waals surface area (Å²) in [5.74, 6) is 1.70. The van der Waals surface area contributed by atoms with Gasteiger partial charge in [-0.1, -0.05) is 5.16 Å². The van der Waals surface area contributed by atoms with Crippen molar-refractivity contribution in [1.82, 2.24) is 19.9 Å². The van der Waals surface area contributed by atoms with E-state index in [0.29, 0.717) is 24.3 Å². The summed E-state index contributed by atoms with van der Waals surface area (Å²) in [7, 11) is 0. The second-order valence-corrected chi connectivity index (χ2v) is 8.49. The molecule has 1 aromatic rings. The molecule has 0 unspecified atom stereocenters. The fourth-order valence-corrected chi connectivity index (χ4v) is 4.95. The summed E-state index contributed by atoms with van der Waals surface area (Å²) in [6.07, 6.45) is 7.36. The van der Waals surface area contributed by atoms with Crippen LogP contribution in [0.2, 0.25) is 0 Å². The minimum Gasteiger partial charge on any atom is -0.393 e. The number of aromatic nitrogens is 2. The van der Waals surface area contributed by atoms with Crippen molar-refractivity contribution in [2.24, 2.45) is 5.41 Å². The Labute approximate surface area is 154 Å². The van der Waals surface area contributed by atoms with Gasteiger partial charge in [0.1, 0.15) is 0 Å². The molecule has 1 spiro atoms. The first kappa shape index (κ1) is 17.9. The van der Waals surface area contributed by atoms with E-state index in [2.05, 4.69) is 19.9 Å². The van der Waals surface area contributed by atoms with E-state index in [0.717, 1.165) is 76.9 Å². The first-order chi connectivity index (χ1) is 12.5. The van der Waals surface area contributed by atoms with Gasteiger partial charge in [0.2, 0.25) is 11.8 Å². The van der Waals surface area contributed by atoms with Crippen LogP contribution in [0.5, 0.6) is 0 Å². The molecule has 1 aromatic heterocycles. The van der Waals surface area contributed by atoms with Gasteiger partial charge in [-0.15, -0.1) is 0 Å². The Bertz CT molecular complexity index is 630. The standard InChI is InChI=1S/C19H30N4O3/c1-14-20-17(21-26-14)12-22-10-8-19(9-11-22)7-6-18(25)23(13-19)15-2-4-16(24)5-3-15/h15-16,24H,2-13H2,1H3. The van der Waals surface area contributed by atoms with Crippen LogP contribution in [0.1, 0.15) is 63.1 Å². The molecule has 0 aromatic carbocycles. The van der Waals surface area contributed by atoms with Crippen molar-refractivity contribution in [3.63, 3.8) is 0 Å². The van der Waals surface area contributed by atoms with Gasteiger partial charge in [-0.2, -0.15) is 4.98 Å². The molecule has 2 saturated heterocycles. The van der Waals surface area contributed by atoms with E-state index in [4.69, 9.17) is 4.52 Å². The van der Waals surface area contributed by atoms with Gasteiger partial charge in [-0.25, -0.2) is 0 Å². The van der Waals surface area contributed by atoms with Gasteiger partial charge in [-0.3, -0.25) is 9.69 Å². The monoisotopic (exact) mass is 362 g/mol. The first-order valence-corrected chi connectivity index (χ1v) is 10.0. The summed E-state index contributed by atoms with van der Waals surface area (Å²) in [5, 5.41) is 13.8. The highest BCUT2D eigenvalue weighted by molar-refractivity contribution is 5.77. The molecule has 1 saturated carbocycles. The smallest absolute Gasteiger partial charge is 0.223 e. The van der Waals surface area contributed by atoms with Crippen molar-refractivity contribution in [3.05, 3.63) is 11.7 Å². The van der Waals surface area contributed by atoms with E-state index in [1.165, 1.54) is 0 Å². The van der Waals surface area contributed by atoms with Gasteiger partial charge < -0.3 is 14.5 Å². The third-order valence-corrected chi connectivity index (χ3v) is 6.65. The second-order valence-electron chi connectivity index (χ2n) is 8.49. The summed E-state index contributed by atoms with van der Waals surface area (Å²) >= 11 is 0. The van der Waals surface area contributed by atoms with E-state index in [1.54, 1.807) is 0 Å². The number of piperidine rings is 2.